The summed E-state index contributed by atoms with van der Waals surface area (Å²) in [6, 6.07) is -0.201. The van der Waals surface area contributed by atoms with E-state index in [1.165, 1.54) is 12.8 Å². The van der Waals surface area contributed by atoms with E-state index in [1.807, 2.05) is 13.8 Å². The minimum atomic E-state index is -0.201. The number of amides is 1. The average Bonchev–Trinajstić information content (AvgIpc) is 3.10. The van der Waals surface area contributed by atoms with Gasteiger partial charge >= 0.3 is 0 Å². The Hall–Kier alpha value is -1.43. The van der Waals surface area contributed by atoms with Crippen molar-refractivity contribution in [3.8, 4) is 0 Å². The van der Waals surface area contributed by atoms with Gasteiger partial charge in [-0.1, -0.05) is 38.8 Å². The molecule has 0 unspecified atom stereocenters. The Morgan fingerprint density at radius 1 is 1.23 bits per heavy atom. The molecule has 0 spiro atoms. The van der Waals surface area contributed by atoms with Gasteiger partial charge in [-0.25, -0.2) is 0 Å². The maximum atomic E-state index is 12.8. The molecule has 1 saturated heterocycles. The highest BCUT2D eigenvalue weighted by molar-refractivity contribution is 5.76. The lowest BCUT2D eigenvalue weighted by Crippen LogP contribution is -2.37. The van der Waals surface area contributed by atoms with Crippen LogP contribution in [0.15, 0.2) is 4.52 Å². The van der Waals surface area contributed by atoms with Crippen molar-refractivity contribution in [1.82, 2.24) is 15.5 Å². The molecule has 1 aliphatic heterocycles. The van der Waals surface area contributed by atoms with Gasteiger partial charge in [0, 0.05) is 25.6 Å². The zero-order valence-electron chi connectivity index (χ0n) is 16.4. The van der Waals surface area contributed by atoms with Crippen LogP contribution in [0.4, 0.5) is 0 Å². The molecule has 2 aliphatic rings. The third kappa shape index (κ3) is 5.06. The minimum Gasteiger partial charge on any atom is -0.381 e. The van der Waals surface area contributed by atoms with Crippen LogP contribution in [0.25, 0.3) is 0 Å². The fourth-order valence-electron chi connectivity index (χ4n) is 4.28. The molecule has 2 fully saturated rings. The predicted molar refractivity (Wildman–Crippen MR) is 98.6 cm³/mol. The average molecular weight is 364 g/mol. The van der Waals surface area contributed by atoms with Gasteiger partial charge in [0.2, 0.25) is 11.8 Å². The van der Waals surface area contributed by atoms with Crippen LogP contribution in [0.5, 0.6) is 0 Å². The van der Waals surface area contributed by atoms with E-state index >= 15 is 0 Å². The van der Waals surface area contributed by atoms with Crippen molar-refractivity contribution in [3.05, 3.63) is 11.7 Å². The van der Waals surface area contributed by atoms with E-state index < -0.39 is 0 Å². The fourth-order valence-corrected chi connectivity index (χ4v) is 4.28. The summed E-state index contributed by atoms with van der Waals surface area (Å²) in [5, 5.41) is 7.32. The highest BCUT2D eigenvalue weighted by Gasteiger charge is 2.32. The van der Waals surface area contributed by atoms with Crippen LogP contribution in [0, 0.1) is 17.8 Å². The number of carbonyl (C=O) groups is 1. The summed E-state index contributed by atoms with van der Waals surface area (Å²) in [7, 11) is 0. The summed E-state index contributed by atoms with van der Waals surface area (Å²) in [4.78, 5) is 17.3. The third-order valence-electron chi connectivity index (χ3n) is 5.81. The molecule has 146 valence electrons. The van der Waals surface area contributed by atoms with E-state index in [9.17, 15) is 4.79 Å². The SMILES string of the molecule is CC(C)c1noc([C@H](NC(=O)C[C@@H]2CCC[C@@H](C)C2)C2CCOCC2)n1. The Labute approximate surface area is 156 Å². The van der Waals surface area contributed by atoms with Crippen molar-refractivity contribution in [2.24, 2.45) is 17.8 Å². The zero-order chi connectivity index (χ0) is 18.5. The molecule has 2 heterocycles. The minimum absolute atomic E-state index is 0.116. The topological polar surface area (TPSA) is 77.2 Å². The third-order valence-corrected chi connectivity index (χ3v) is 5.81. The Morgan fingerprint density at radius 2 is 2.00 bits per heavy atom. The maximum Gasteiger partial charge on any atom is 0.249 e. The lowest BCUT2D eigenvalue weighted by molar-refractivity contribution is -0.124. The summed E-state index contributed by atoms with van der Waals surface area (Å²) in [5.74, 6) is 3.10. The molecule has 0 aromatic carbocycles. The summed E-state index contributed by atoms with van der Waals surface area (Å²) < 4.78 is 11.0. The molecule has 1 aliphatic carbocycles. The highest BCUT2D eigenvalue weighted by Crippen LogP contribution is 2.33. The van der Waals surface area contributed by atoms with E-state index in [0.29, 0.717) is 30.0 Å². The second-order valence-corrected chi connectivity index (χ2v) is 8.48. The van der Waals surface area contributed by atoms with Crippen molar-refractivity contribution in [2.45, 2.75) is 77.7 Å². The molecule has 6 nitrogen and oxygen atoms in total. The van der Waals surface area contributed by atoms with Gasteiger partial charge in [-0.3, -0.25) is 4.79 Å². The van der Waals surface area contributed by atoms with Gasteiger partial charge in [-0.05, 0) is 43.4 Å². The predicted octanol–water partition coefficient (Wildman–Crippen LogP) is 3.99. The lowest BCUT2D eigenvalue weighted by atomic mass is 9.80. The van der Waals surface area contributed by atoms with Gasteiger partial charge in [0.1, 0.15) is 6.04 Å². The second-order valence-electron chi connectivity index (χ2n) is 8.48. The molecular formula is C20H33N3O3. The lowest BCUT2D eigenvalue weighted by Gasteiger charge is -2.30. The first kappa shape index (κ1) is 19.3. The molecule has 1 saturated carbocycles. The first-order valence-corrected chi connectivity index (χ1v) is 10.2. The molecule has 3 atom stereocenters. The van der Waals surface area contributed by atoms with Crippen LogP contribution in [0.2, 0.25) is 0 Å². The molecule has 26 heavy (non-hydrogen) atoms. The van der Waals surface area contributed by atoms with Gasteiger partial charge in [0.15, 0.2) is 5.82 Å². The van der Waals surface area contributed by atoms with Crippen molar-refractivity contribution in [2.75, 3.05) is 13.2 Å². The van der Waals surface area contributed by atoms with E-state index in [4.69, 9.17) is 9.26 Å². The molecule has 0 radical (unpaired) electrons. The van der Waals surface area contributed by atoms with Crippen LogP contribution < -0.4 is 5.32 Å². The Balaban J connectivity index is 1.67. The monoisotopic (exact) mass is 363 g/mol. The standard InChI is InChI=1S/C20H33N3O3/c1-13(2)19-22-20(26-23-19)18(16-7-9-25-10-8-16)21-17(24)12-15-6-4-5-14(3)11-15/h13-16,18H,4-12H2,1-3H3,(H,21,24)/t14-,15-,18-/m1/s1. The molecule has 0 bridgehead atoms. The number of carbonyl (C=O) groups excluding carboxylic acids is 1. The summed E-state index contributed by atoms with van der Waals surface area (Å²) in [6.45, 7) is 7.83. The Kier molecular flexibility index (Phi) is 6.68. The molecule has 3 rings (SSSR count). The Bertz CT molecular complexity index is 581. The molecule has 1 aromatic rings. The molecule has 1 aromatic heterocycles. The van der Waals surface area contributed by atoms with Gasteiger partial charge in [0.05, 0.1) is 0 Å². The molecule has 6 heteroatoms. The number of hydrogen-bond acceptors (Lipinski definition) is 5. The van der Waals surface area contributed by atoms with Crippen molar-refractivity contribution < 1.29 is 14.1 Å². The van der Waals surface area contributed by atoms with E-state index in [2.05, 4.69) is 22.4 Å². The second kappa shape index (κ2) is 8.98. The van der Waals surface area contributed by atoms with Crippen LogP contribution in [0.1, 0.15) is 89.4 Å². The van der Waals surface area contributed by atoms with Crippen LogP contribution in [-0.2, 0) is 9.53 Å². The van der Waals surface area contributed by atoms with E-state index in [0.717, 1.165) is 44.8 Å². The normalized spacial score (nSPS) is 26.0. The zero-order valence-corrected chi connectivity index (χ0v) is 16.4. The molecular weight excluding hydrogens is 330 g/mol. The number of hydrogen-bond donors (Lipinski definition) is 1. The number of nitrogens with one attached hydrogen (secondary N) is 1. The summed E-state index contributed by atoms with van der Waals surface area (Å²) >= 11 is 0. The smallest absolute Gasteiger partial charge is 0.249 e. The van der Waals surface area contributed by atoms with E-state index in [1.54, 1.807) is 0 Å². The number of nitrogens with zero attached hydrogens (tertiary/aromatic N) is 2. The van der Waals surface area contributed by atoms with Gasteiger partial charge in [-0.2, -0.15) is 4.98 Å². The van der Waals surface area contributed by atoms with E-state index in [-0.39, 0.29) is 17.9 Å². The largest absolute Gasteiger partial charge is 0.381 e. The van der Waals surface area contributed by atoms with Crippen LogP contribution in [-0.4, -0.2) is 29.3 Å². The first-order valence-electron chi connectivity index (χ1n) is 10.2. The summed E-state index contributed by atoms with van der Waals surface area (Å²) in [6.07, 6.45) is 7.28. The van der Waals surface area contributed by atoms with Crippen molar-refractivity contribution in [1.29, 1.82) is 0 Å². The first-order chi connectivity index (χ1) is 12.5. The van der Waals surface area contributed by atoms with Crippen LogP contribution >= 0.6 is 0 Å². The van der Waals surface area contributed by atoms with Gasteiger partial charge in [-0.15, -0.1) is 0 Å². The van der Waals surface area contributed by atoms with Crippen molar-refractivity contribution >= 4 is 5.91 Å². The molecule has 1 N–H and O–H groups in total. The quantitative estimate of drug-likeness (QED) is 0.827. The molecule has 1 amide bonds. The van der Waals surface area contributed by atoms with Gasteiger partial charge in [0.25, 0.3) is 0 Å². The van der Waals surface area contributed by atoms with Crippen molar-refractivity contribution in [3.63, 3.8) is 0 Å². The summed E-state index contributed by atoms with van der Waals surface area (Å²) in [5.41, 5.74) is 0. The number of ether oxygens (including phenoxy) is 1. The highest BCUT2D eigenvalue weighted by atomic mass is 16.5. The number of rotatable bonds is 6. The number of aromatic nitrogens is 2. The Morgan fingerprint density at radius 3 is 2.65 bits per heavy atom. The van der Waals surface area contributed by atoms with Gasteiger partial charge < -0.3 is 14.6 Å². The van der Waals surface area contributed by atoms with Crippen LogP contribution in [0.3, 0.4) is 0 Å². The maximum absolute atomic E-state index is 12.8. The fraction of sp³-hybridized carbons (Fsp3) is 0.850.